The molecule has 1 unspecified atom stereocenters. The molecule has 0 radical (unpaired) electrons. The number of nitrogens with one attached hydrogen (secondary N) is 1. The van der Waals surface area contributed by atoms with E-state index < -0.39 is 42.2 Å². The molecule has 1 N–H and O–H groups in total. The van der Waals surface area contributed by atoms with Gasteiger partial charge in [-0.25, -0.2) is 0 Å². The second-order valence-corrected chi connectivity index (χ2v) is 5.56. The van der Waals surface area contributed by atoms with Crippen molar-refractivity contribution >= 4 is 17.7 Å². The topological polar surface area (TPSA) is 84.3 Å². The highest BCUT2D eigenvalue weighted by molar-refractivity contribution is 6.06. The number of carbonyl (C=O) groups is 3. The zero-order valence-corrected chi connectivity index (χ0v) is 11.8. The van der Waals surface area contributed by atoms with E-state index in [1.165, 1.54) is 4.90 Å². The maximum absolute atomic E-state index is 12.5. The summed E-state index contributed by atoms with van der Waals surface area (Å²) < 4.78 is 38.4. The van der Waals surface area contributed by atoms with Gasteiger partial charge in [0.1, 0.15) is 12.6 Å². The summed E-state index contributed by atoms with van der Waals surface area (Å²) in [6.07, 6.45) is -2.23. The maximum atomic E-state index is 12.5. The number of nitrogens with zero attached hydrogens (tertiary/aromatic N) is 3. The fourth-order valence-corrected chi connectivity index (χ4v) is 2.57. The van der Waals surface area contributed by atoms with Crippen LogP contribution in [0.15, 0.2) is 12.3 Å². The van der Waals surface area contributed by atoms with Crippen molar-refractivity contribution in [3.63, 3.8) is 0 Å². The molecule has 0 bridgehead atoms. The van der Waals surface area contributed by atoms with Crippen molar-refractivity contribution in [3.8, 4) is 0 Å². The Morgan fingerprint density at radius 1 is 1.39 bits per heavy atom. The number of hydrogen-bond donors (Lipinski definition) is 1. The average Bonchev–Trinajstić information content (AvgIpc) is 3.04. The molecule has 1 aromatic rings. The molecule has 2 aliphatic rings. The number of aromatic nitrogens is 2. The first-order chi connectivity index (χ1) is 10.8. The lowest BCUT2D eigenvalue weighted by atomic mass is 10.2. The van der Waals surface area contributed by atoms with Gasteiger partial charge in [-0.3, -0.25) is 24.4 Å². The Morgan fingerprint density at radius 2 is 2.09 bits per heavy atom. The van der Waals surface area contributed by atoms with E-state index in [9.17, 15) is 27.6 Å². The van der Waals surface area contributed by atoms with Gasteiger partial charge in [0.2, 0.25) is 17.7 Å². The van der Waals surface area contributed by atoms with Crippen molar-refractivity contribution in [2.45, 2.75) is 44.1 Å². The summed E-state index contributed by atoms with van der Waals surface area (Å²) in [5.41, 5.74) is -1.09. The smallest absolute Gasteiger partial charge is 0.326 e. The maximum Gasteiger partial charge on any atom is 0.435 e. The zero-order valence-electron chi connectivity index (χ0n) is 11.8. The lowest BCUT2D eigenvalue weighted by Gasteiger charge is -2.26. The highest BCUT2D eigenvalue weighted by Crippen LogP contribution is 2.31. The van der Waals surface area contributed by atoms with Crippen LogP contribution in [0.1, 0.15) is 25.0 Å². The molecular formula is C13H13F3N4O3. The van der Waals surface area contributed by atoms with Crippen molar-refractivity contribution in [2.24, 2.45) is 0 Å². The Morgan fingerprint density at radius 3 is 2.57 bits per heavy atom. The summed E-state index contributed by atoms with van der Waals surface area (Å²) in [4.78, 5) is 36.7. The van der Waals surface area contributed by atoms with E-state index in [4.69, 9.17) is 0 Å². The van der Waals surface area contributed by atoms with E-state index in [0.717, 1.165) is 16.9 Å². The number of amides is 3. The molecular weight excluding hydrogens is 317 g/mol. The van der Waals surface area contributed by atoms with Gasteiger partial charge in [-0.05, 0) is 18.9 Å². The monoisotopic (exact) mass is 330 g/mol. The van der Waals surface area contributed by atoms with Crippen molar-refractivity contribution < 1.29 is 27.6 Å². The van der Waals surface area contributed by atoms with E-state index in [-0.39, 0.29) is 12.5 Å². The van der Waals surface area contributed by atoms with E-state index in [1.807, 2.05) is 0 Å². The molecule has 2 heterocycles. The van der Waals surface area contributed by atoms with Gasteiger partial charge in [0.15, 0.2) is 5.69 Å². The minimum atomic E-state index is -4.58. The Kier molecular flexibility index (Phi) is 3.61. The number of halogens is 3. The minimum absolute atomic E-state index is 0.117. The second-order valence-electron chi connectivity index (χ2n) is 5.56. The molecule has 1 aromatic heterocycles. The van der Waals surface area contributed by atoms with Gasteiger partial charge in [-0.2, -0.15) is 18.3 Å². The van der Waals surface area contributed by atoms with Crippen molar-refractivity contribution in [1.82, 2.24) is 20.0 Å². The van der Waals surface area contributed by atoms with Gasteiger partial charge in [-0.1, -0.05) is 0 Å². The van der Waals surface area contributed by atoms with E-state index >= 15 is 0 Å². The van der Waals surface area contributed by atoms with Gasteiger partial charge in [-0.15, -0.1) is 0 Å². The van der Waals surface area contributed by atoms with Crippen LogP contribution in [0.4, 0.5) is 13.2 Å². The van der Waals surface area contributed by atoms with Crippen LogP contribution in [0.5, 0.6) is 0 Å². The molecule has 0 aromatic carbocycles. The number of rotatable bonds is 4. The van der Waals surface area contributed by atoms with Gasteiger partial charge in [0.25, 0.3) is 0 Å². The van der Waals surface area contributed by atoms with Crippen LogP contribution in [0.3, 0.4) is 0 Å². The molecule has 124 valence electrons. The Bertz CT molecular complexity index is 666. The van der Waals surface area contributed by atoms with Crippen molar-refractivity contribution in [1.29, 1.82) is 0 Å². The fraction of sp³-hybridized carbons (Fsp3) is 0.538. The largest absolute Gasteiger partial charge is 0.435 e. The van der Waals surface area contributed by atoms with Crippen LogP contribution in [0.25, 0.3) is 0 Å². The number of imide groups is 1. The van der Waals surface area contributed by atoms with Crippen LogP contribution in [-0.2, 0) is 27.1 Å². The molecule has 1 aliphatic heterocycles. The highest BCUT2D eigenvalue weighted by Gasteiger charge is 2.44. The van der Waals surface area contributed by atoms with Gasteiger partial charge < -0.3 is 4.90 Å². The molecule has 3 rings (SSSR count). The van der Waals surface area contributed by atoms with Crippen molar-refractivity contribution in [2.75, 3.05) is 0 Å². The molecule has 10 heteroatoms. The predicted octanol–water partition coefficient (Wildman–Crippen LogP) is 0.308. The standard InChI is InChI=1S/C13H13F3N4O3/c14-13(15,16)9-3-4-19(18-9)6-11(22)20(7-1-2-7)8-5-10(21)17-12(8)23/h3-4,7-8H,1-2,5-6H2,(H,17,21,23). The molecule has 7 nitrogen and oxygen atoms in total. The Labute approximate surface area is 128 Å². The third-order valence-electron chi connectivity index (χ3n) is 3.74. The summed E-state index contributed by atoms with van der Waals surface area (Å²) in [5, 5.41) is 5.45. The van der Waals surface area contributed by atoms with Crippen LogP contribution in [0.2, 0.25) is 0 Å². The van der Waals surface area contributed by atoms with Crippen LogP contribution >= 0.6 is 0 Å². The first-order valence-electron chi connectivity index (χ1n) is 7.01. The first kappa shape index (κ1) is 15.5. The molecule has 1 atom stereocenters. The highest BCUT2D eigenvalue weighted by atomic mass is 19.4. The number of alkyl halides is 3. The molecule has 2 fully saturated rings. The van der Waals surface area contributed by atoms with Crippen LogP contribution in [0, 0.1) is 0 Å². The third-order valence-corrected chi connectivity index (χ3v) is 3.74. The third kappa shape index (κ3) is 3.20. The number of carbonyl (C=O) groups excluding carboxylic acids is 3. The minimum Gasteiger partial charge on any atom is -0.326 e. The molecule has 1 saturated heterocycles. The summed E-state index contributed by atoms with van der Waals surface area (Å²) in [6, 6.07) is -0.262. The molecule has 3 amide bonds. The summed E-state index contributed by atoms with van der Waals surface area (Å²) in [6.45, 7) is -0.412. The quantitative estimate of drug-likeness (QED) is 0.805. The predicted molar refractivity (Wildman–Crippen MR) is 68.7 cm³/mol. The zero-order chi connectivity index (χ0) is 16.8. The van der Waals surface area contributed by atoms with Crippen LogP contribution < -0.4 is 5.32 Å². The molecule has 1 saturated carbocycles. The van der Waals surface area contributed by atoms with E-state index in [1.54, 1.807) is 0 Å². The lowest BCUT2D eigenvalue weighted by Crippen LogP contribution is -2.47. The van der Waals surface area contributed by atoms with E-state index in [0.29, 0.717) is 12.8 Å². The van der Waals surface area contributed by atoms with E-state index in [2.05, 4.69) is 10.4 Å². The Hall–Kier alpha value is -2.39. The first-order valence-corrected chi connectivity index (χ1v) is 7.01. The van der Waals surface area contributed by atoms with Gasteiger partial charge in [0.05, 0.1) is 6.42 Å². The second kappa shape index (κ2) is 5.36. The lowest BCUT2D eigenvalue weighted by molar-refractivity contribution is -0.143. The molecule has 1 aliphatic carbocycles. The van der Waals surface area contributed by atoms with Crippen molar-refractivity contribution in [3.05, 3.63) is 18.0 Å². The molecule has 0 spiro atoms. The summed E-state index contributed by atoms with van der Waals surface area (Å²) in [5.74, 6) is -1.54. The van der Waals surface area contributed by atoms with Gasteiger partial charge >= 0.3 is 6.18 Å². The summed E-state index contributed by atoms with van der Waals surface area (Å²) >= 11 is 0. The SMILES string of the molecule is O=C1CC(N(C(=O)Cn2ccc(C(F)(F)F)n2)C2CC2)C(=O)N1. The van der Waals surface area contributed by atoms with Gasteiger partial charge in [0, 0.05) is 12.2 Å². The average molecular weight is 330 g/mol. The normalized spacial score (nSPS) is 21.4. The van der Waals surface area contributed by atoms with Crippen LogP contribution in [-0.4, -0.2) is 44.5 Å². The summed E-state index contributed by atoms with van der Waals surface area (Å²) in [7, 11) is 0. The fourth-order valence-electron chi connectivity index (χ4n) is 2.57. The Balaban J connectivity index is 1.73. The molecule has 23 heavy (non-hydrogen) atoms. The number of hydrogen-bond acceptors (Lipinski definition) is 4.